The van der Waals surface area contributed by atoms with Gasteiger partial charge in [-0.05, 0) is 42.5 Å². The Hall–Kier alpha value is -4.13. The third-order valence-electron chi connectivity index (χ3n) is 4.70. The van der Waals surface area contributed by atoms with E-state index >= 15 is 0 Å². The molecular formula is C23H17NO6. The summed E-state index contributed by atoms with van der Waals surface area (Å²) in [5.74, 6) is -0.370. The van der Waals surface area contributed by atoms with E-state index in [1.54, 1.807) is 54.6 Å². The lowest BCUT2D eigenvalue weighted by molar-refractivity contribution is 0.0734. The minimum absolute atomic E-state index is 0.198. The molecular weight excluding hydrogens is 386 g/mol. The molecule has 0 spiro atoms. The molecule has 30 heavy (non-hydrogen) atoms. The summed E-state index contributed by atoms with van der Waals surface area (Å²) in [5, 5.41) is 0. The second-order valence-electron chi connectivity index (χ2n) is 6.45. The van der Waals surface area contributed by atoms with Gasteiger partial charge in [-0.25, -0.2) is 9.69 Å². The summed E-state index contributed by atoms with van der Waals surface area (Å²) in [6.07, 6.45) is 0. The van der Waals surface area contributed by atoms with Gasteiger partial charge in [-0.2, -0.15) is 0 Å². The topological polar surface area (TPSA) is 82.1 Å². The molecule has 0 bridgehead atoms. The fourth-order valence-corrected chi connectivity index (χ4v) is 3.24. The van der Waals surface area contributed by atoms with Crippen LogP contribution < -0.4 is 19.1 Å². The highest BCUT2D eigenvalue weighted by Crippen LogP contribution is 2.31. The highest BCUT2D eigenvalue weighted by Gasteiger charge is 2.36. The van der Waals surface area contributed by atoms with Crippen LogP contribution in [0.2, 0.25) is 0 Å². The Morgan fingerprint density at radius 3 is 2.07 bits per heavy atom. The summed E-state index contributed by atoms with van der Waals surface area (Å²) >= 11 is 0. The van der Waals surface area contributed by atoms with Crippen molar-refractivity contribution in [3.63, 3.8) is 0 Å². The van der Waals surface area contributed by atoms with Crippen LogP contribution >= 0.6 is 0 Å². The number of carbonyl (C=O) groups is 3. The van der Waals surface area contributed by atoms with Gasteiger partial charge < -0.3 is 14.2 Å². The lowest BCUT2D eigenvalue weighted by Crippen LogP contribution is -2.29. The number of carbonyl (C=O) groups excluding carboxylic acids is 3. The molecule has 3 aromatic carbocycles. The van der Waals surface area contributed by atoms with Crippen molar-refractivity contribution in [3.8, 4) is 17.2 Å². The first-order valence-electron chi connectivity index (χ1n) is 9.05. The van der Waals surface area contributed by atoms with E-state index in [1.807, 2.05) is 0 Å². The van der Waals surface area contributed by atoms with Gasteiger partial charge in [0.1, 0.15) is 5.75 Å². The summed E-state index contributed by atoms with van der Waals surface area (Å²) in [6.45, 7) is 0. The third kappa shape index (κ3) is 3.26. The minimum Gasteiger partial charge on any atom is -0.493 e. The number of hydrogen-bond donors (Lipinski definition) is 0. The molecule has 1 aliphatic heterocycles. The maximum atomic E-state index is 12.7. The van der Waals surface area contributed by atoms with Gasteiger partial charge in [0, 0.05) is 6.07 Å². The lowest BCUT2D eigenvalue weighted by Gasteiger charge is -2.15. The molecule has 0 atom stereocenters. The number of fused-ring (bicyclic) bond motifs is 1. The average molecular weight is 403 g/mol. The first-order chi connectivity index (χ1) is 14.5. The molecule has 4 rings (SSSR count). The Balaban J connectivity index is 1.58. The molecule has 7 nitrogen and oxygen atoms in total. The number of methoxy groups -OCH3 is 2. The van der Waals surface area contributed by atoms with Gasteiger partial charge in [0.25, 0.3) is 11.8 Å². The van der Waals surface area contributed by atoms with E-state index < -0.39 is 17.8 Å². The zero-order chi connectivity index (χ0) is 21.3. The molecule has 1 heterocycles. The number of ether oxygens (including phenoxy) is 3. The van der Waals surface area contributed by atoms with E-state index in [9.17, 15) is 14.4 Å². The van der Waals surface area contributed by atoms with Crippen LogP contribution in [0, 0.1) is 0 Å². The molecule has 3 aromatic rings. The van der Waals surface area contributed by atoms with E-state index in [0.717, 1.165) is 4.90 Å². The summed E-state index contributed by atoms with van der Waals surface area (Å²) in [4.78, 5) is 39.0. The summed E-state index contributed by atoms with van der Waals surface area (Å²) in [5.41, 5.74) is 1.27. The van der Waals surface area contributed by atoms with E-state index in [4.69, 9.17) is 14.2 Å². The number of imide groups is 1. The molecule has 7 heteroatoms. The molecule has 0 aliphatic carbocycles. The van der Waals surface area contributed by atoms with Crippen LogP contribution in [0.3, 0.4) is 0 Å². The van der Waals surface area contributed by atoms with Gasteiger partial charge in [-0.3, -0.25) is 9.59 Å². The molecule has 0 N–H and O–H groups in total. The number of anilines is 1. The monoisotopic (exact) mass is 403 g/mol. The summed E-state index contributed by atoms with van der Waals surface area (Å²) in [7, 11) is 2.97. The fraction of sp³-hybridized carbons (Fsp3) is 0.0870. The van der Waals surface area contributed by atoms with E-state index in [1.165, 1.54) is 26.4 Å². The van der Waals surface area contributed by atoms with E-state index in [2.05, 4.69) is 0 Å². The quantitative estimate of drug-likeness (QED) is 0.367. The number of rotatable bonds is 5. The van der Waals surface area contributed by atoms with Crippen molar-refractivity contribution < 1.29 is 28.6 Å². The van der Waals surface area contributed by atoms with Crippen molar-refractivity contribution in [1.29, 1.82) is 0 Å². The van der Waals surface area contributed by atoms with Crippen molar-refractivity contribution in [2.45, 2.75) is 0 Å². The normalized spacial score (nSPS) is 12.5. The molecule has 2 amide bonds. The van der Waals surface area contributed by atoms with Gasteiger partial charge in [-0.1, -0.05) is 18.2 Å². The first kappa shape index (κ1) is 19.2. The molecule has 0 saturated heterocycles. The fourth-order valence-electron chi connectivity index (χ4n) is 3.24. The van der Waals surface area contributed by atoms with Crippen LogP contribution in [-0.4, -0.2) is 32.0 Å². The number of hydrogen-bond acceptors (Lipinski definition) is 6. The maximum Gasteiger partial charge on any atom is 0.343 e. The Morgan fingerprint density at radius 1 is 0.767 bits per heavy atom. The highest BCUT2D eigenvalue weighted by atomic mass is 16.5. The van der Waals surface area contributed by atoms with Crippen LogP contribution in [0.1, 0.15) is 31.1 Å². The minimum atomic E-state index is -0.615. The van der Waals surface area contributed by atoms with Gasteiger partial charge in [-0.15, -0.1) is 0 Å². The Labute approximate surface area is 172 Å². The molecule has 0 saturated carbocycles. The summed E-state index contributed by atoms with van der Waals surface area (Å²) < 4.78 is 15.8. The van der Waals surface area contributed by atoms with Crippen molar-refractivity contribution in [2.75, 3.05) is 19.1 Å². The van der Waals surface area contributed by atoms with Gasteiger partial charge in [0.15, 0.2) is 11.5 Å². The molecule has 0 unspecified atom stereocenters. The standard InChI is InChI=1S/C23H17NO6/c1-28-19-11-10-14(12-20(19)29-2)23(27)30-16-7-5-6-15(13-16)24-21(25)17-8-3-4-9-18(17)22(24)26/h3-13H,1-2H3. The predicted molar refractivity (Wildman–Crippen MR) is 109 cm³/mol. The van der Waals surface area contributed by atoms with Gasteiger partial charge in [0.2, 0.25) is 0 Å². The number of amides is 2. The van der Waals surface area contributed by atoms with Gasteiger partial charge in [0.05, 0.1) is 36.6 Å². The average Bonchev–Trinajstić information content (AvgIpc) is 3.03. The SMILES string of the molecule is COc1ccc(C(=O)Oc2cccc(N3C(=O)c4ccccc4C3=O)c2)cc1OC. The summed E-state index contributed by atoms with van der Waals surface area (Å²) in [6, 6.07) is 17.5. The smallest absolute Gasteiger partial charge is 0.343 e. The molecule has 1 aliphatic rings. The second-order valence-corrected chi connectivity index (χ2v) is 6.45. The zero-order valence-corrected chi connectivity index (χ0v) is 16.2. The van der Waals surface area contributed by atoms with Crippen LogP contribution in [0.15, 0.2) is 66.7 Å². The maximum absolute atomic E-state index is 12.7. The van der Waals surface area contributed by atoms with Crippen LogP contribution in [-0.2, 0) is 0 Å². The van der Waals surface area contributed by atoms with Crippen LogP contribution in [0.4, 0.5) is 5.69 Å². The van der Waals surface area contributed by atoms with Gasteiger partial charge >= 0.3 is 5.97 Å². The van der Waals surface area contributed by atoms with Crippen molar-refractivity contribution in [2.24, 2.45) is 0 Å². The van der Waals surface area contributed by atoms with Crippen molar-refractivity contribution in [3.05, 3.63) is 83.4 Å². The molecule has 0 radical (unpaired) electrons. The largest absolute Gasteiger partial charge is 0.493 e. The number of nitrogens with zero attached hydrogens (tertiary/aromatic N) is 1. The van der Waals surface area contributed by atoms with Crippen molar-refractivity contribution in [1.82, 2.24) is 0 Å². The van der Waals surface area contributed by atoms with Crippen LogP contribution in [0.25, 0.3) is 0 Å². The number of benzene rings is 3. The Morgan fingerprint density at radius 2 is 1.43 bits per heavy atom. The second kappa shape index (κ2) is 7.71. The molecule has 0 fully saturated rings. The third-order valence-corrected chi connectivity index (χ3v) is 4.70. The molecule has 150 valence electrons. The molecule has 0 aromatic heterocycles. The van der Waals surface area contributed by atoms with Crippen molar-refractivity contribution >= 4 is 23.5 Å². The Bertz CT molecular complexity index is 1130. The number of esters is 1. The zero-order valence-electron chi connectivity index (χ0n) is 16.2. The van der Waals surface area contributed by atoms with E-state index in [-0.39, 0.29) is 11.3 Å². The first-order valence-corrected chi connectivity index (χ1v) is 9.05. The van der Waals surface area contributed by atoms with Crippen LogP contribution in [0.5, 0.6) is 17.2 Å². The predicted octanol–water partition coefficient (Wildman–Crippen LogP) is 3.72. The lowest BCUT2D eigenvalue weighted by atomic mass is 10.1. The highest BCUT2D eigenvalue weighted by molar-refractivity contribution is 6.34. The van der Waals surface area contributed by atoms with E-state index in [0.29, 0.717) is 28.3 Å². The Kier molecular flexibility index (Phi) is 4.93.